The lowest BCUT2D eigenvalue weighted by molar-refractivity contribution is -0.145. The van der Waals surface area contributed by atoms with Crippen molar-refractivity contribution in [3.8, 4) is 17.3 Å². The second-order valence-electron chi connectivity index (χ2n) is 13.5. The Morgan fingerprint density at radius 2 is 1.92 bits per heavy atom. The van der Waals surface area contributed by atoms with E-state index in [1.165, 1.54) is 11.2 Å². The average molecular weight is 725 g/mol. The van der Waals surface area contributed by atoms with Gasteiger partial charge in [0, 0.05) is 77.9 Å². The first kappa shape index (κ1) is 36.1. The molecule has 51 heavy (non-hydrogen) atoms. The second-order valence-corrected chi connectivity index (χ2v) is 16.8. The molecule has 0 N–H and O–H groups in total. The smallest absolute Gasteiger partial charge is 0.451 e. The van der Waals surface area contributed by atoms with Crippen molar-refractivity contribution in [1.29, 1.82) is 5.26 Å². The molecule has 0 atom stereocenters. The molecule has 2 aliphatic heterocycles. The van der Waals surface area contributed by atoms with E-state index in [9.17, 15) is 28.0 Å². The van der Waals surface area contributed by atoms with Crippen LogP contribution in [0.25, 0.3) is 22.3 Å². The number of carbonyl (C=O) groups is 2. The minimum Gasteiger partial charge on any atom is -0.459 e. The van der Waals surface area contributed by atoms with Crippen molar-refractivity contribution in [3.05, 3.63) is 54.3 Å². The Labute approximate surface area is 293 Å². The zero-order valence-corrected chi connectivity index (χ0v) is 29.8. The number of nitrogens with zero attached hydrogens (tertiary/aromatic N) is 10. The molecule has 2 saturated heterocycles. The fraction of sp³-hybridized carbons (Fsp3) is 0.515. The van der Waals surface area contributed by atoms with Gasteiger partial charge in [0.15, 0.2) is 0 Å². The Bertz CT molecular complexity index is 1930. The van der Waals surface area contributed by atoms with E-state index in [4.69, 9.17) is 9.47 Å². The highest BCUT2D eigenvalue weighted by atomic mass is 28.3. The van der Waals surface area contributed by atoms with Crippen LogP contribution in [0.15, 0.2) is 37.1 Å². The molecule has 4 aromatic heterocycles. The van der Waals surface area contributed by atoms with Crippen LogP contribution in [-0.2, 0) is 39.3 Å². The number of likely N-dealkylation sites (tertiary alicyclic amines) is 2. The Hall–Kier alpha value is -4.73. The van der Waals surface area contributed by atoms with Gasteiger partial charge in [0.1, 0.15) is 36.5 Å². The summed E-state index contributed by atoms with van der Waals surface area (Å²) in [5, 5.41) is 15.3. The van der Waals surface area contributed by atoms with Crippen LogP contribution in [0.3, 0.4) is 0 Å². The third-order valence-electron chi connectivity index (χ3n) is 9.31. The maximum absolute atomic E-state index is 13.5. The highest BCUT2D eigenvalue weighted by molar-refractivity contribution is 6.55. The molecule has 0 aliphatic carbocycles. The minimum absolute atomic E-state index is 0.109. The van der Waals surface area contributed by atoms with E-state index in [1.807, 2.05) is 27.7 Å². The largest absolute Gasteiger partial charge is 0.459 e. The van der Waals surface area contributed by atoms with Crippen molar-refractivity contribution in [1.82, 2.24) is 44.1 Å². The van der Waals surface area contributed by atoms with Gasteiger partial charge in [-0.1, -0.05) is 13.1 Å². The van der Waals surface area contributed by atoms with Crippen LogP contribution in [0.2, 0.25) is 19.1 Å². The Morgan fingerprint density at radius 1 is 1.16 bits per heavy atom. The molecule has 0 spiro atoms. The number of nitriles is 1. The van der Waals surface area contributed by atoms with E-state index in [-0.39, 0.29) is 18.2 Å². The van der Waals surface area contributed by atoms with Crippen LogP contribution in [0, 0.1) is 11.3 Å². The minimum atomic E-state index is -4.88. The topological polar surface area (TPSA) is 157 Å². The van der Waals surface area contributed by atoms with Gasteiger partial charge in [-0.3, -0.25) is 19.2 Å². The monoisotopic (exact) mass is 724 g/mol. The molecule has 2 fully saturated rings. The number of rotatable bonds is 12. The Kier molecular flexibility index (Phi) is 10.5. The van der Waals surface area contributed by atoms with Crippen LogP contribution in [0.1, 0.15) is 48.2 Å². The van der Waals surface area contributed by atoms with Crippen LogP contribution in [0.4, 0.5) is 13.2 Å². The van der Waals surface area contributed by atoms with Gasteiger partial charge in [0.25, 0.3) is 5.91 Å². The average Bonchev–Trinajstić information content (AvgIpc) is 3.74. The molecule has 6 heterocycles. The molecule has 4 aromatic rings. The fourth-order valence-corrected chi connectivity index (χ4v) is 7.19. The molecule has 0 saturated carbocycles. The number of fused-ring (bicyclic) bond motifs is 1. The summed E-state index contributed by atoms with van der Waals surface area (Å²) in [6, 6.07) is 6.64. The molecule has 0 unspecified atom stereocenters. The number of ether oxygens (including phenoxy) is 2. The predicted molar refractivity (Wildman–Crippen MR) is 180 cm³/mol. The number of carbonyl (C=O) groups excluding carboxylic acids is 2. The number of halogens is 3. The molecule has 18 heteroatoms. The van der Waals surface area contributed by atoms with E-state index < -0.39 is 50.5 Å². The molecular weight excluding hydrogens is 686 g/mol. The van der Waals surface area contributed by atoms with Crippen molar-refractivity contribution in [3.63, 3.8) is 0 Å². The SMILES string of the molecule is CC(=O)OCc1cc(C(=O)N2CCC(N3CC(CC#N)(n4cc(-c5ncnc6c5ccn6COCC[SiH](C)C)cn4)C3)CC2)nc(C(F)(F)F)n1. The summed E-state index contributed by atoms with van der Waals surface area (Å²) in [7, 11) is -0.687. The maximum atomic E-state index is 13.5. The van der Waals surface area contributed by atoms with Crippen molar-refractivity contribution in [2.45, 2.75) is 76.4 Å². The van der Waals surface area contributed by atoms with Crippen molar-refractivity contribution < 1.29 is 32.2 Å². The van der Waals surface area contributed by atoms with E-state index in [0.717, 1.165) is 47.9 Å². The highest BCUT2D eigenvalue weighted by Crippen LogP contribution is 2.37. The van der Waals surface area contributed by atoms with Crippen molar-refractivity contribution in [2.75, 3.05) is 32.8 Å². The molecule has 14 nitrogen and oxygen atoms in total. The van der Waals surface area contributed by atoms with Gasteiger partial charge in [-0.05, 0) is 31.0 Å². The molecular formula is C33H39F3N10O4Si. The number of hydrogen-bond acceptors (Lipinski definition) is 11. The summed E-state index contributed by atoms with van der Waals surface area (Å²) in [6.45, 7) is 8.12. The van der Waals surface area contributed by atoms with Crippen molar-refractivity contribution in [2.24, 2.45) is 0 Å². The van der Waals surface area contributed by atoms with Gasteiger partial charge in [-0.25, -0.2) is 19.9 Å². The third-order valence-corrected chi connectivity index (χ3v) is 10.7. The summed E-state index contributed by atoms with van der Waals surface area (Å²) in [5.74, 6) is -2.80. The first-order valence-electron chi connectivity index (χ1n) is 16.8. The maximum Gasteiger partial charge on any atom is 0.451 e. The van der Waals surface area contributed by atoms with Crippen LogP contribution >= 0.6 is 0 Å². The first-order chi connectivity index (χ1) is 24.4. The molecule has 270 valence electrons. The summed E-state index contributed by atoms with van der Waals surface area (Å²) in [6.07, 6.45) is 3.70. The number of aromatic nitrogens is 7. The molecule has 1 amide bonds. The number of amides is 1. The highest BCUT2D eigenvalue weighted by Gasteiger charge is 2.48. The second kappa shape index (κ2) is 14.9. The summed E-state index contributed by atoms with van der Waals surface area (Å²) >= 11 is 0. The van der Waals surface area contributed by atoms with Crippen molar-refractivity contribution >= 4 is 31.7 Å². The van der Waals surface area contributed by atoms with E-state index in [2.05, 4.69) is 49.1 Å². The third kappa shape index (κ3) is 7.95. The quantitative estimate of drug-likeness (QED) is 0.119. The Balaban J connectivity index is 1.09. The molecule has 0 aromatic carbocycles. The van der Waals surface area contributed by atoms with Gasteiger partial charge < -0.3 is 18.9 Å². The first-order valence-corrected chi connectivity index (χ1v) is 19.9. The van der Waals surface area contributed by atoms with Crippen LogP contribution in [-0.4, -0.2) is 104 Å². The van der Waals surface area contributed by atoms with Crippen LogP contribution < -0.4 is 0 Å². The molecule has 2 aliphatic rings. The lowest BCUT2D eigenvalue weighted by Crippen LogP contribution is -2.66. The lowest BCUT2D eigenvalue weighted by Gasteiger charge is -2.53. The van der Waals surface area contributed by atoms with E-state index in [1.54, 1.807) is 6.20 Å². The van der Waals surface area contributed by atoms with Gasteiger partial charge in [0.05, 0.1) is 30.1 Å². The lowest BCUT2D eigenvalue weighted by atomic mass is 9.83. The zero-order chi connectivity index (χ0) is 36.3. The van der Waals surface area contributed by atoms with Gasteiger partial charge in [-0.15, -0.1) is 0 Å². The Morgan fingerprint density at radius 3 is 2.61 bits per heavy atom. The van der Waals surface area contributed by atoms with E-state index in [0.29, 0.717) is 45.8 Å². The standard InChI is InChI=1S/C33H39F3N10O4Si/c1-22(47)50-17-24-14-27(42-31(41-24)33(34,35)36)30(48)43-9-4-25(5-10-43)45-18-32(19-45,7-8-37)46-16-23(15-40-46)28-26-6-11-44(29(26)39-20-38-28)21-49-12-13-51(2)3/h6,11,14-16,20,25,51H,4-5,7,9-10,12-13,17-19,21H2,1-3H3. The molecule has 6 rings (SSSR count). The zero-order valence-electron chi connectivity index (χ0n) is 28.6. The predicted octanol–water partition coefficient (Wildman–Crippen LogP) is 3.86. The number of hydrogen-bond donors (Lipinski definition) is 0. The van der Waals surface area contributed by atoms with E-state index >= 15 is 0 Å². The van der Waals surface area contributed by atoms with Crippen LogP contribution in [0.5, 0.6) is 0 Å². The normalized spacial score (nSPS) is 16.7. The number of esters is 1. The molecule has 0 radical (unpaired) electrons. The summed E-state index contributed by atoms with van der Waals surface area (Å²) < 4.78 is 55.0. The molecule has 0 bridgehead atoms. The van der Waals surface area contributed by atoms with Gasteiger partial charge in [0.2, 0.25) is 5.82 Å². The number of piperidine rings is 1. The summed E-state index contributed by atoms with van der Waals surface area (Å²) in [4.78, 5) is 44.2. The van der Waals surface area contributed by atoms with Gasteiger partial charge in [-0.2, -0.15) is 23.5 Å². The summed E-state index contributed by atoms with van der Waals surface area (Å²) in [5.41, 5.74) is 1.15. The number of alkyl halides is 3. The van der Waals surface area contributed by atoms with Gasteiger partial charge >= 0.3 is 12.1 Å². The fourth-order valence-electron chi connectivity index (χ4n) is 6.56.